The average Bonchev–Trinajstić information content (AvgIpc) is 2.09. The van der Waals surface area contributed by atoms with Crippen molar-refractivity contribution in [3.63, 3.8) is 0 Å². The summed E-state index contributed by atoms with van der Waals surface area (Å²) in [6.45, 7) is 2.65. The van der Waals surface area contributed by atoms with Crippen molar-refractivity contribution in [1.29, 1.82) is 0 Å². The molecule has 0 aliphatic carbocycles. The van der Waals surface area contributed by atoms with Crippen molar-refractivity contribution < 1.29 is 4.74 Å². The van der Waals surface area contributed by atoms with Gasteiger partial charge in [-0.15, -0.1) is 0 Å². The zero-order chi connectivity index (χ0) is 9.68. The first-order valence-electron chi connectivity index (χ1n) is 4.34. The molecule has 1 unspecified atom stereocenters. The number of halogens is 1. The van der Waals surface area contributed by atoms with E-state index in [1.54, 1.807) is 0 Å². The molecule has 0 amide bonds. The van der Waals surface area contributed by atoms with Gasteiger partial charge in [0.25, 0.3) is 0 Å². The van der Waals surface area contributed by atoms with Crippen LogP contribution < -0.4 is 10.5 Å². The van der Waals surface area contributed by atoms with Gasteiger partial charge in [-0.3, -0.25) is 0 Å². The van der Waals surface area contributed by atoms with Gasteiger partial charge in [0.05, 0.1) is 6.10 Å². The van der Waals surface area contributed by atoms with Crippen molar-refractivity contribution in [2.45, 2.75) is 19.4 Å². The molecule has 1 aromatic rings. The normalized spacial score (nSPS) is 12.5. The van der Waals surface area contributed by atoms with Crippen LogP contribution in [0.15, 0.2) is 24.3 Å². The monoisotopic (exact) mass is 199 g/mol. The Kier molecular flexibility index (Phi) is 4.06. The minimum Gasteiger partial charge on any atom is -0.491 e. The molecule has 2 nitrogen and oxygen atoms in total. The molecule has 72 valence electrons. The predicted octanol–water partition coefficient (Wildman–Crippen LogP) is 2.46. The molecule has 0 radical (unpaired) electrons. The van der Waals surface area contributed by atoms with Gasteiger partial charge in [-0.2, -0.15) is 0 Å². The fourth-order valence-electron chi connectivity index (χ4n) is 1.04. The summed E-state index contributed by atoms with van der Waals surface area (Å²) in [6.07, 6.45) is 1.02. The lowest BCUT2D eigenvalue weighted by Gasteiger charge is -2.13. The molecule has 1 atom stereocenters. The Morgan fingerprint density at radius 2 is 2.00 bits per heavy atom. The van der Waals surface area contributed by atoms with Gasteiger partial charge in [0.2, 0.25) is 0 Å². The topological polar surface area (TPSA) is 35.2 Å². The van der Waals surface area contributed by atoms with Crippen molar-refractivity contribution >= 4 is 11.6 Å². The van der Waals surface area contributed by atoms with Gasteiger partial charge >= 0.3 is 0 Å². The number of hydrogen-bond acceptors (Lipinski definition) is 2. The van der Waals surface area contributed by atoms with Gasteiger partial charge in [0, 0.05) is 5.02 Å². The third-order valence-corrected chi connectivity index (χ3v) is 1.98. The maximum atomic E-state index is 5.73. The highest BCUT2D eigenvalue weighted by molar-refractivity contribution is 6.30. The van der Waals surface area contributed by atoms with Gasteiger partial charge in [0.1, 0.15) is 5.75 Å². The quantitative estimate of drug-likeness (QED) is 0.809. The largest absolute Gasteiger partial charge is 0.491 e. The minimum atomic E-state index is 0.158. The SMILES string of the molecule is CC(CCN)Oc1ccc(Cl)cc1. The number of nitrogens with two attached hydrogens (primary N) is 1. The van der Waals surface area contributed by atoms with Crippen molar-refractivity contribution in [3.8, 4) is 5.75 Å². The van der Waals surface area contributed by atoms with Gasteiger partial charge in [-0.1, -0.05) is 11.6 Å². The molecule has 3 heteroatoms. The Morgan fingerprint density at radius 1 is 1.38 bits per heavy atom. The molecule has 0 aliphatic heterocycles. The van der Waals surface area contributed by atoms with E-state index in [2.05, 4.69) is 0 Å². The third kappa shape index (κ3) is 3.66. The number of ether oxygens (including phenoxy) is 1. The highest BCUT2D eigenvalue weighted by Crippen LogP contribution is 2.17. The average molecular weight is 200 g/mol. The summed E-state index contributed by atoms with van der Waals surface area (Å²) < 4.78 is 5.57. The smallest absolute Gasteiger partial charge is 0.119 e. The third-order valence-electron chi connectivity index (χ3n) is 1.72. The van der Waals surface area contributed by atoms with Gasteiger partial charge in [-0.05, 0) is 44.2 Å². The molecule has 1 rings (SSSR count). The molecule has 0 bridgehead atoms. The maximum Gasteiger partial charge on any atom is 0.119 e. The second-order valence-corrected chi connectivity index (χ2v) is 3.40. The molecule has 0 heterocycles. The number of hydrogen-bond donors (Lipinski definition) is 1. The van der Waals surface area contributed by atoms with Crippen molar-refractivity contribution in [1.82, 2.24) is 0 Å². The molecular weight excluding hydrogens is 186 g/mol. The Labute approximate surface area is 83.6 Å². The number of benzene rings is 1. The van der Waals surface area contributed by atoms with E-state index in [1.807, 2.05) is 31.2 Å². The lowest BCUT2D eigenvalue weighted by molar-refractivity contribution is 0.214. The summed E-state index contributed by atoms with van der Waals surface area (Å²) in [4.78, 5) is 0. The zero-order valence-corrected chi connectivity index (χ0v) is 8.42. The lowest BCUT2D eigenvalue weighted by Crippen LogP contribution is -2.16. The van der Waals surface area contributed by atoms with Crippen LogP contribution in [-0.4, -0.2) is 12.6 Å². The maximum absolute atomic E-state index is 5.73. The minimum absolute atomic E-state index is 0.158. The number of rotatable bonds is 4. The summed E-state index contributed by atoms with van der Waals surface area (Å²) in [5, 5.41) is 0.721. The summed E-state index contributed by atoms with van der Waals surface area (Å²) in [5.74, 6) is 0.838. The Balaban J connectivity index is 2.49. The van der Waals surface area contributed by atoms with Crippen molar-refractivity contribution in [2.75, 3.05) is 6.54 Å². The molecular formula is C10H14ClNO. The van der Waals surface area contributed by atoms with Crippen LogP contribution in [0.3, 0.4) is 0 Å². The fraction of sp³-hybridized carbons (Fsp3) is 0.400. The lowest BCUT2D eigenvalue weighted by atomic mass is 10.3. The highest BCUT2D eigenvalue weighted by Gasteiger charge is 2.01. The van der Waals surface area contributed by atoms with E-state index >= 15 is 0 Å². The molecule has 1 aromatic carbocycles. The highest BCUT2D eigenvalue weighted by atomic mass is 35.5. The second-order valence-electron chi connectivity index (χ2n) is 2.96. The van der Waals surface area contributed by atoms with Crippen LogP contribution in [0.2, 0.25) is 5.02 Å². The first kappa shape index (κ1) is 10.4. The molecule has 0 saturated carbocycles. The van der Waals surface area contributed by atoms with Crippen LogP contribution in [0, 0.1) is 0 Å². The summed E-state index contributed by atoms with van der Waals surface area (Å²) in [5.41, 5.74) is 5.41. The van der Waals surface area contributed by atoms with E-state index in [0.29, 0.717) is 6.54 Å². The van der Waals surface area contributed by atoms with E-state index in [4.69, 9.17) is 22.1 Å². The van der Waals surface area contributed by atoms with Crippen molar-refractivity contribution in [3.05, 3.63) is 29.3 Å². The summed E-state index contributed by atoms with van der Waals surface area (Å²) in [7, 11) is 0. The fourth-order valence-corrected chi connectivity index (χ4v) is 1.17. The predicted molar refractivity (Wildman–Crippen MR) is 55.2 cm³/mol. The van der Waals surface area contributed by atoms with Gasteiger partial charge < -0.3 is 10.5 Å². The molecule has 0 saturated heterocycles. The van der Waals surface area contributed by atoms with E-state index in [0.717, 1.165) is 17.2 Å². The Bertz CT molecular complexity index is 248. The Morgan fingerprint density at radius 3 is 2.54 bits per heavy atom. The first-order chi connectivity index (χ1) is 6.22. The molecule has 0 spiro atoms. The van der Waals surface area contributed by atoms with Crippen LogP contribution in [0.4, 0.5) is 0 Å². The van der Waals surface area contributed by atoms with Crippen LogP contribution in [0.1, 0.15) is 13.3 Å². The van der Waals surface area contributed by atoms with E-state index < -0.39 is 0 Å². The molecule has 0 fully saturated rings. The van der Waals surface area contributed by atoms with E-state index in [1.165, 1.54) is 0 Å². The molecule has 0 aliphatic rings. The zero-order valence-electron chi connectivity index (χ0n) is 7.66. The summed E-state index contributed by atoms with van der Waals surface area (Å²) >= 11 is 5.73. The molecule has 0 aromatic heterocycles. The van der Waals surface area contributed by atoms with Crippen molar-refractivity contribution in [2.24, 2.45) is 5.73 Å². The summed E-state index contributed by atoms with van der Waals surface area (Å²) in [6, 6.07) is 7.34. The van der Waals surface area contributed by atoms with E-state index in [-0.39, 0.29) is 6.10 Å². The van der Waals surface area contributed by atoms with Crippen LogP contribution in [-0.2, 0) is 0 Å². The van der Waals surface area contributed by atoms with E-state index in [9.17, 15) is 0 Å². The van der Waals surface area contributed by atoms with Crippen LogP contribution in [0.25, 0.3) is 0 Å². The van der Waals surface area contributed by atoms with Crippen LogP contribution in [0.5, 0.6) is 5.75 Å². The van der Waals surface area contributed by atoms with Gasteiger partial charge in [-0.25, -0.2) is 0 Å². The first-order valence-corrected chi connectivity index (χ1v) is 4.72. The Hall–Kier alpha value is -0.730. The molecule has 13 heavy (non-hydrogen) atoms. The van der Waals surface area contributed by atoms with Gasteiger partial charge in [0.15, 0.2) is 0 Å². The second kappa shape index (κ2) is 5.10. The van der Waals surface area contributed by atoms with Crippen LogP contribution >= 0.6 is 11.6 Å². The standard InChI is InChI=1S/C10H14ClNO/c1-8(6-7-12)13-10-4-2-9(11)3-5-10/h2-5,8H,6-7,12H2,1H3. The molecule has 2 N–H and O–H groups in total.